The lowest BCUT2D eigenvalue weighted by Gasteiger charge is -2.00. The van der Waals surface area contributed by atoms with Crippen molar-refractivity contribution in [2.24, 2.45) is 7.05 Å². The molecule has 0 aliphatic carbocycles. The van der Waals surface area contributed by atoms with Gasteiger partial charge in [0.05, 0.1) is 18.1 Å². The standard InChI is InChI=1S/C9H9N3O3/c1-12-3-5(9(13)14)6-7(12)10-4-11-8(6)15-2/h3-4H,1-2H3,(H,13,14). The first-order valence-corrected chi connectivity index (χ1v) is 4.22. The van der Waals surface area contributed by atoms with E-state index in [0.29, 0.717) is 11.0 Å². The highest BCUT2D eigenvalue weighted by Gasteiger charge is 2.18. The minimum absolute atomic E-state index is 0.143. The van der Waals surface area contributed by atoms with Gasteiger partial charge in [-0.25, -0.2) is 14.8 Å². The van der Waals surface area contributed by atoms with Crippen LogP contribution in [0.5, 0.6) is 5.88 Å². The largest absolute Gasteiger partial charge is 0.480 e. The molecular weight excluding hydrogens is 198 g/mol. The fraction of sp³-hybridized carbons (Fsp3) is 0.222. The maximum atomic E-state index is 11.0. The summed E-state index contributed by atoms with van der Waals surface area (Å²) in [7, 11) is 3.17. The number of hydrogen-bond acceptors (Lipinski definition) is 4. The molecule has 0 saturated carbocycles. The molecule has 6 nitrogen and oxygen atoms in total. The SMILES string of the molecule is COc1ncnc2c1c(C(=O)O)cn2C. The maximum absolute atomic E-state index is 11.0. The Morgan fingerprint density at radius 3 is 2.87 bits per heavy atom. The van der Waals surface area contributed by atoms with Gasteiger partial charge in [0.15, 0.2) is 0 Å². The first kappa shape index (κ1) is 9.45. The van der Waals surface area contributed by atoms with Crippen LogP contribution in [0.4, 0.5) is 0 Å². The van der Waals surface area contributed by atoms with Gasteiger partial charge in [0.2, 0.25) is 5.88 Å². The maximum Gasteiger partial charge on any atom is 0.338 e. The van der Waals surface area contributed by atoms with Gasteiger partial charge in [-0.2, -0.15) is 0 Å². The molecule has 2 heterocycles. The third kappa shape index (κ3) is 1.30. The molecule has 0 spiro atoms. The van der Waals surface area contributed by atoms with Gasteiger partial charge in [0.1, 0.15) is 12.0 Å². The third-order valence-corrected chi connectivity index (χ3v) is 2.14. The quantitative estimate of drug-likeness (QED) is 0.783. The lowest BCUT2D eigenvalue weighted by molar-refractivity contribution is 0.0698. The van der Waals surface area contributed by atoms with E-state index in [2.05, 4.69) is 9.97 Å². The number of nitrogens with zero attached hydrogens (tertiary/aromatic N) is 3. The van der Waals surface area contributed by atoms with Gasteiger partial charge >= 0.3 is 5.97 Å². The molecule has 15 heavy (non-hydrogen) atoms. The molecule has 0 aliphatic heterocycles. The molecule has 0 bridgehead atoms. The highest BCUT2D eigenvalue weighted by molar-refractivity contribution is 6.04. The summed E-state index contributed by atoms with van der Waals surface area (Å²) < 4.78 is 6.63. The van der Waals surface area contributed by atoms with Crippen LogP contribution in [-0.2, 0) is 7.05 Å². The third-order valence-electron chi connectivity index (χ3n) is 2.14. The second kappa shape index (κ2) is 3.23. The first-order valence-electron chi connectivity index (χ1n) is 4.22. The average Bonchev–Trinajstić information content (AvgIpc) is 2.56. The van der Waals surface area contributed by atoms with Crippen molar-refractivity contribution in [3.05, 3.63) is 18.1 Å². The van der Waals surface area contributed by atoms with Gasteiger partial charge in [-0.15, -0.1) is 0 Å². The number of aromatic nitrogens is 3. The van der Waals surface area contributed by atoms with Crippen molar-refractivity contribution in [1.82, 2.24) is 14.5 Å². The smallest absolute Gasteiger partial charge is 0.338 e. The second-order valence-corrected chi connectivity index (χ2v) is 3.04. The first-order chi connectivity index (χ1) is 7.15. The van der Waals surface area contributed by atoms with Crippen LogP contribution in [0, 0.1) is 0 Å². The Bertz CT molecular complexity index is 533. The number of ether oxygens (including phenoxy) is 1. The number of fused-ring (bicyclic) bond motifs is 1. The van der Waals surface area contributed by atoms with E-state index in [-0.39, 0.29) is 11.4 Å². The van der Waals surface area contributed by atoms with E-state index in [9.17, 15) is 4.79 Å². The number of hydrogen-bond donors (Lipinski definition) is 1. The van der Waals surface area contributed by atoms with Crippen LogP contribution >= 0.6 is 0 Å². The molecule has 1 N–H and O–H groups in total. The number of carbonyl (C=O) groups is 1. The van der Waals surface area contributed by atoms with E-state index in [1.54, 1.807) is 11.6 Å². The fourth-order valence-electron chi connectivity index (χ4n) is 1.50. The zero-order chi connectivity index (χ0) is 11.0. The van der Waals surface area contributed by atoms with Crippen molar-refractivity contribution in [2.45, 2.75) is 0 Å². The van der Waals surface area contributed by atoms with Gasteiger partial charge in [-0.3, -0.25) is 0 Å². The minimum Gasteiger partial charge on any atom is -0.480 e. The van der Waals surface area contributed by atoms with Crippen molar-refractivity contribution < 1.29 is 14.6 Å². The number of aromatic carboxylic acids is 1. The number of methoxy groups -OCH3 is 1. The van der Waals surface area contributed by atoms with E-state index in [1.165, 1.54) is 19.6 Å². The lowest BCUT2D eigenvalue weighted by Crippen LogP contribution is -1.97. The molecule has 0 amide bonds. The molecule has 0 atom stereocenters. The van der Waals surface area contributed by atoms with Crippen LogP contribution in [0.25, 0.3) is 11.0 Å². The Labute approximate surface area is 85.1 Å². The van der Waals surface area contributed by atoms with E-state index in [0.717, 1.165) is 0 Å². The molecule has 2 aromatic rings. The highest BCUT2D eigenvalue weighted by Crippen LogP contribution is 2.26. The average molecular weight is 207 g/mol. The summed E-state index contributed by atoms with van der Waals surface area (Å²) in [5.41, 5.74) is 0.684. The molecular formula is C9H9N3O3. The van der Waals surface area contributed by atoms with Crippen molar-refractivity contribution in [3.63, 3.8) is 0 Å². The van der Waals surface area contributed by atoms with Crippen LogP contribution < -0.4 is 4.74 Å². The molecule has 0 radical (unpaired) electrons. The monoisotopic (exact) mass is 207 g/mol. The molecule has 0 fully saturated rings. The number of rotatable bonds is 2. The Morgan fingerprint density at radius 1 is 1.53 bits per heavy atom. The molecule has 6 heteroatoms. The van der Waals surface area contributed by atoms with Crippen molar-refractivity contribution >= 4 is 17.0 Å². The Hall–Kier alpha value is -2.11. The van der Waals surface area contributed by atoms with Crippen LogP contribution in [0.2, 0.25) is 0 Å². The van der Waals surface area contributed by atoms with Crippen LogP contribution in [0.3, 0.4) is 0 Å². The van der Waals surface area contributed by atoms with Crippen molar-refractivity contribution in [1.29, 1.82) is 0 Å². The topological polar surface area (TPSA) is 77.2 Å². The Balaban J connectivity index is 2.88. The van der Waals surface area contributed by atoms with Gasteiger partial charge in [-0.1, -0.05) is 0 Å². The van der Waals surface area contributed by atoms with Crippen LogP contribution in [-0.4, -0.2) is 32.7 Å². The summed E-state index contributed by atoms with van der Waals surface area (Å²) >= 11 is 0. The van der Waals surface area contributed by atoms with Crippen molar-refractivity contribution in [3.8, 4) is 5.88 Å². The Morgan fingerprint density at radius 2 is 2.27 bits per heavy atom. The predicted octanol–water partition coefficient (Wildman–Crippen LogP) is 0.675. The molecule has 0 saturated heterocycles. The minimum atomic E-state index is -1.02. The van der Waals surface area contributed by atoms with Gasteiger partial charge in [0.25, 0.3) is 0 Å². The van der Waals surface area contributed by atoms with Gasteiger partial charge in [0, 0.05) is 13.2 Å². The number of aryl methyl sites for hydroxylation is 1. The lowest BCUT2D eigenvalue weighted by atomic mass is 10.2. The summed E-state index contributed by atoms with van der Waals surface area (Å²) in [5.74, 6) is -0.744. The zero-order valence-electron chi connectivity index (χ0n) is 8.26. The van der Waals surface area contributed by atoms with Gasteiger partial charge in [-0.05, 0) is 0 Å². The number of carboxylic acids is 1. The van der Waals surface area contributed by atoms with E-state index in [4.69, 9.17) is 9.84 Å². The molecule has 78 valence electrons. The molecule has 0 aliphatic rings. The second-order valence-electron chi connectivity index (χ2n) is 3.04. The van der Waals surface area contributed by atoms with Crippen LogP contribution in [0.15, 0.2) is 12.5 Å². The summed E-state index contributed by atoms with van der Waals surface area (Å²) in [4.78, 5) is 18.8. The Kier molecular flexibility index (Phi) is 2.03. The predicted molar refractivity (Wildman–Crippen MR) is 52.0 cm³/mol. The number of carboxylic acid groups (broad SMARTS) is 1. The summed E-state index contributed by atoms with van der Waals surface area (Å²) in [6.45, 7) is 0. The molecule has 2 rings (SSSR count). The zero-order valence-corrected chi connectivity index (χ0v) is 8.26. The molecule has 2 aromatic heterocycles. The fourth-order valence-corrected chi connectivity index (χ4v) is 1.50. The van der Waals surface area contributed by atoms with Gasteiger partial charge < -0.3 is 14.4 Å². The van der Waals surface area contributed by atoms with E-state index in [1.807, 2.05) is 0 Å². The highest BCUT2D eigenvalue weighted by atomic mass is 16.5. The van der Waals surface area contributed by atoms with Crippen molar-refractivity contribution in [2.75, 3.05) is 7.11 Å². The summed E-state index contributed by atoms with van der Waals surface area (Å²) in [6.07, 6.45) is 2.83. The summed E-state index contributed by atoms with van der Waals surface area (Å²) in [6, 6.07) is 0. The molecule has 0 aromatic carbocycles. The molecule has 0 unspecified atom stereocenters. The van der Waals surface area contributed by atoms with Crippen LogP contribution in [0.1, 0.15) is 10.4 Å². The summed E-state index contributed by atoms with van der Waals surface area (Å²) in [5, 5.41) is 9.42. The van der Waals surface area contributed by atoms with E-state index >= 15 is 0 Å². The normalized spacial score (nSPS) is 10.5. The van der Waals surface area contributed by atoms with E-state index < -0.39 is 5.97 Å².